The lowest BCUT2D eigenvalue weighted by Crippen LogP contribution is -2.31. The molecule has 2 fully saturated rings. The van der Waals surface area contributed by atoms with Gasteiger partial charge in [-0.2, -0.15) is 5.10 Å². The number of nitrogens with zero attached hydrogens (tertiary/aromatic N) is 2. The second kappa shape index (κ2) is 5.81. The third-order valence-electron chi connectivity index (χ3n) is 5.23. The maximum atomic E-state index is 12.4. The Bertz CT molecular complexity index is 672. The van der Waals surface area contributed by atoms with Crippen molar-refractivity contribution in [3.05, 3.63) is 48.3 Å². The van der Waals surface area contributed by atoms with Gasteiger partial charge in [-0.05, 0) is 61.5 Å². The summed E-state index contributed by atoms with van der Waals surface area (Å²) in [6, 6.07) is 9.97. The van der Waals surface area contributed by atoms with Crippen LogP contribution in [0.3, 0.4) is 0 Å². The van der Waals surface area contributed by atoms with Crippen LogP contribution >= 0.6 is 0 Å². The lowest BCUT2D eigenvalue weighted by atomic mass is 9.92. The Morgan fingerprint density at radius 2 is 2.09 bits per heavy atom. The zero-order valence-corrected chi connectivity index (χ0v) is 13.2. The number of rotatable bonds is 4. The summed E-state index contributed by atoms with van der Waals surface area (Å²) in [5.74, 6) is 0.389. The van der Waals surface area contributed by atoms with E-state index >= 15 is 0 Å². The topological polar surface area (TPSA) is 59.0 Å². The van der Waals surface area contributed by atoms with Crippen molar-refractivity contribution in [1.29, 1.82) is 0 Å². The highest BCUT2D eigenvalue weighted by Crippen LogP contribution is 2.58. The monoisotopic (exact) mass is 310 g/mol. The van der Waals surface area contributed by atoms with Gasteiger partial charge < -0.3 is 10.6 Å². The van der Waals surface area contributed by atoms with E-state index in [0.717, 1.165) is 44.6 Å². The van der Waals surface area contributed by atoms with Crippen molar-refractivity contribution in [2.45, 2.75) is 25.8 Å². The molecule has 2 heterocycles. The van der Waals surface area contributed by atoms with Gasteiger partial charge in [-0.25, -0.2) is 0 Å². The van der Waals surface area contributed by atoms with E-state index in [9.17, 15) is 4.79 Å². The van der Waals surface area contributed by atoms with Gasteiger partial charge in [0.15, 0.2) is 0 Å². The minimum Gasteiger partial charge on any atom is -0.326 e. The van der Waals surface area contributed by atoms with Crippen molar-refractivity contribution in [3.63, 3.8) is 0 Å². The van der Waals surface area contributed by atoms with E-state index in [1.807, 2.05) is 41.2 Å². The Balaban J connectivity index is 1.35. The zero-order valence-electron chi connectivity index (χ0n) is 13.2. The highest BCUT2D eigenvalue weighted by Gasteiger charge is 2.57. The molecule has 1 atom stereocenters. The molecule has 2 aromatic rings. The van der Waals surface area contributed by atoms with Gasteiger partial charge in [-0.1, -0.05) is 12.1 Å². The Labute approximate surface area is 136 Å². The Hall–Kier alpha value is -2.14. The summed E-state index contributed by atoms with van der Waals surface area (Å²) in [4.78, 5) is 12.4. The summed E-state index contributed by atoms with van der Waals surface area (Å²) in [7, 11) is 0. The number of hydrogen-bond acceptors (Lipinski definition) is 3. The van der Waals surface area contributed by atoms with Crippen molar-refractivity contribution in [3.8, 4) is 0 Å². The van der Waals surface area contributed by atoms with Crippen molar-refractivity contribution in [1.82, 2.24) is 15.1 Å². The first-order valence-electron chi connectivity index (χ1n) is 8.33. The van der Waals surface area contributed by atoms with Gasteiger partial charge in [0, 0.05) is 24.0 Å². The fourth-order valence-corrected chi connectivity index (χ4v) is 3.70. The van der Waals surface area contributed by atoms with Crippen LogP contribution in [0.2, 0.25) is 0 Å². The average Bonchev–Trinajstić information content (AvgIpc) is 3.02. The molecule has 1 aromatic carbocycles. The Morgan fingerprint density at radius 1 is 1.30 bits per heavy atom. The van der Waals surface area contributed by atoms with Gasteiger partial charge in [0.25, 0.3) is 0 Å². The fraction of sp³-hybridized carbons (Fsp3) is 0.444. The smallest absolute Gasteiger partial charge is 0.228 e. The molecule has 1 spiro atoms. The minimum atomic E-state index is 0.187. The quantitative estimate of drug-likeness (QED) is 0.911. The molecule has 4 rings (SSSR count). The number of hydrogen-bond donors (Lipinski definition) is 2. The van der Waals surface area contributed by atoms with Crippen LogP contribution in [0.15, 0.2) is 42.7 Å². The number of piperidine rings is 1. The van der Waals surface area contributed by atoms with Gasteiger partial charge in [0.2, 0.25) is 5.91 Å². The predicted molar refractivity (Wildman–Crippen MR) is 89.0 cm³/mol. The van der Waals surface area contributed by atoms with E-state index in [2.05, 4.69) is 15.7 Å². The van der Waals surface area contributed by atoms with Gasteiger partial charge in [-0.3, -0.25) is 9.48 Å². The summed E-state index contributed by atoms with van der Waals surface area (Å²) < 4.78 is 1.89. The molecule has 2 aliphatic rings. The molecular formula is C18H22N4O. The summed E-state index contributed by atoms with van der Waals surface area (Å²) in [6.45, 7) is 2.85. The molecule has 1 aliphatic carbocycles. The summed E-state index contributed by atoms with van der Waals surface area (Å²) in [5.41, 5.74) is 2.35. The lowest BCUT2D eigenvalue weighted by molar-refractivity contribution is -0.118. The van der Waals surface area contributed by atoms with Crippen LogP contribution < -0.4 is 10.6 Å². The number of carbonyl (C=O) groups excluding carboxylic acids is 1. The number of aromatic nitrogens is 2. The van der Waals surface area contributed by atoms with E-state index in [0.29, 0.717) is 0 Å². The van der Waals surface area contributed by atoms with E-state index in [1.54, 1.807) is 6.20 Å². The molecule has 1 unspecified atom stereocenters. The maximum absolute atomic E-state index is 12.4. The molecule has 5 heteroatoms. The number of nitrogens with one attached hydrogen (secondary N) is 2. The Morgan fingerprint density at radius 3 is 2.78 bits per heavy atom. The summed E-state index contributed by atoms with van der Waals surface area (Å²) in [6.07, 6.45) is 7.04. The summed E-state index contributed by atoms with van der Waals surface area (Å²) in [5, 5.41) is 10.7. The van der Waals surface area contributed by atoms with Gasteiger partial charge in [0.1, 0.15) is 0 Å². The first-order valence-corrected chi connectivity index (χ1v) is 8.33. The standard InChI is InChI=1S/C18H22N4O/c23-17(16-12-18(16)6-9-19-10-7-18)21-15-4-2-14(3-5-15)13-22-11-1-8-20-22/h1-5,8,11,16,19H,6-7,9-10,12-13H2,(H,21,23). The zero-order chi connectivity index (χ0) is 15.7. The normalized spacial score (nSPS) is 22.0. The molecule has 0 bridgehead atoms. The molecule has 1 aromatic heterocycles. The van der Waals surface area contributed by atoms with Crippen LogP contribution in [0, 0.1) is 11.3 Å². The molecule has 0 radical (unpaired) electrons. The second-order valence-corrected chi connectivity index (χ2v) is 6.76. The van der Waals surface area contributed by atoms with Crippen molar-refractivity contribution >= 4 is 11.6 Å². The van der Waals surface area contributed by atoms with Crippen LogP contribution in [0.25, 0.3) is 0 Å². The van der Waals surface area contributed by atoms with Gasteiger partial charge in [-0.15, -0.1) is 0 Å². The predicted octanol–water partition coefficient (Wildman–Crippen LogP) is 2.26. The molecule has 2 N–H and O–H groups in total. The summed E-state index contributed by atoms with van der Waals surface area (Å²) >= 11 is 0. The van der Waals surface area contributed by atoms with Crippen LogP contribution in [0.4, 0.5) is 5.69 Å². The molecule has 1 saturated heterocycles. The van der Waals surface area contributed by atoms with Crippen LogP contribution in [0.5, 0.6) is 0 Å². The highest BCUT2D eigenvalue weighted by atomic mass is 16.2. The number of benzene rings is 1. The van der Waals surface area contributed by atoms with E-state index in [1.165, 1.54) is 5.56 Å². The van der Waals surface area contributed by atoms with Crippen molar-refractivity contribution in [2.24, 2.45) is 11.3 Å². The van der Waals surface area contributed by atoms with Gasteiger partial charge >= 0.3 is 0 Å². The first-order chi connectivity index (χ1) is 11.3. The molecule has 1 aliphatic heterocycles. The molecule has 1 amide bonds. The van der Waals surface area contributed by atoms with Crippen molar-refractivity contribution in [2.75, 3.05) is 18.4 Å². The van der Waals surface area contributed by atoms with E-state index < -0.39 is 0 Å². The largest absolute Gasteiger partial charge is 0.326 e. The first kappa shape index (κ1) is 14.5. The maximum Gasteiger partial charge on any atom is 0.228 e. The molecule has 5 nitrogen and oxygen atoms in total. The molecule has 1 saturated carbocycles. The van der Waals surface area contributed by atoms with Crippen LogP contribution in [-0.4, -0.2) is 28.8 Å². The van der Waals surface area contributed by atoms with Crippen molar-refractivity contribution < 1.29 is 4.79 Å². The SMILES string of the molecule is O=C(Nc1ccc(Cn2cccn2)cc1)C1CC12CCNCC2. The third-order valence-corrected chi connectivity index (χ3v) is 5.23. The van der Waals surface area contributed by atoms with E-state index in [-0.39, 0.29) is 17.2 Å². The van der Waals surface area contributed by atoms with Gasteiger partial charge in [0.05, 0.1) is 6.54 Å². The average molecular weight is 310 g/mol. The highest BCUT2D eigenvalue weighted by molar-refractivity contribution is 5.95. The van der Waals surface area contributed by atoms with E-state index in [4.69, 9.17) is 0 Å². The molecule has 120 valence electrons. The third kappa shape index (κ3) is 3.01. The minimum absolute atomic E-state index is 0.187. The molecular weight excluding hydrogens is 288 g/mol. The number of carbonyl (C=O) groups is 1. The Kier molecular flexibility index (Phi) is 3.65. The fourth-order valence-electron chi connectivity index (χ4n) is 3.70. The van der Waals surface area contributed by atoms with Crippen LogP contribution in [-0.2, 0) is 11.3 Å². The second-order valence-electron chi connectivity index (χ2n) is 6.76. The van der Waals surface area contributed by atoms with Crippen LogP contribution in [0.1, 0.15) is 24.8 Å². The number of amides is 1. The molecule has 23 heavy (non-hydrogen) atoms. The lowest BCUT2D eigenvalue weighted by Gasteiger charge is -2.23. The number of anilines is 1.